The lowest BCUT2D eigenvalue weighted by Gasteiger charge is -2.10. The minimum atomic E-state index is -2.98. The number of urea groups is 1. The van der Waals surface area contributed by atoms with Gasteiger partial charge < -0.3 is 5.32 Å². The highest BCUT2D eigenvalue weighted by Gasteiger charge is 2.28. The number of hydrogen-bond donors (Lipinski definition) is 2. The first-order chi connectivity index (χ1) is 8.85. The molecule has 0 bridgehead atoms. The minimum Gasteiger partial charge on any atom is -0.334 e. The van der Waals surface area contributed by atoms with Crippen molar-refractivity contribution in [3.63, 3.8) is 0 Å². The van der Waals surface area contributed by atoms with Gasteiger partial charge in [0, 0.05) is 24.3 Å². The van der Waals surface area contributed by atoms with Crippen LogP contribution in [0.15, 0.2) is 12.3 Å². The number of hydrogen-bond acceptors (Lipinski definition) is 4. The Balaban J connectivity index is 1.87. The van der Waals surface area contributed by atoms with Gasteiger partial charge in [0.1, 0.15) is 0 Å². The van der Waals surface area contributed by atoms with Gasteiger partial charge in [-0.2, -0.15) is 5.10 Å². The van der Waals surface area contributed by atoms with Gasteiger partial charge in [0.25, 0.3) is 0 Å². The number of aromatic nitrogens is 2. The van der Waals surface area contributed by atoms with E-state index in [2.05, 4.69) is 15.7 Å². The molecule has 7 nitrogen and oxygen atoms in total. The molecule has 2 amide bonds. The molecule has 1 aromatic rings. The highest BCUT2D eigenvalue weighted by molar-refractivity contribution is 7.91. The van der Waals surface area contributed by atoms with E-state index in [9.17, 15) is 13.2 Å². The summed E-state index contributed by atoms with van der Waals surface area (Å²) in [6, 6.07) is 1.19. The number of sulfone groups is 1. The van der Waals surface area contributed by atoms with E-state index in [1.165, 1.54) is 0 Å². The van der Waals surface area contributed by atoms with Crippen LogP contribution in [0.4, 0.5) is 10.6 Å². The second kappa shape index (κ2) is 5.20. The van der Waals surface area contributed by atoms with Gasteiger partial charge in [0.05, 0.1) is 11.5 Å². The van der Waals surface area contributed by atoms with Gasteiger partial charge in [-0.25, -0.2) is 13.2 Å². The van der Waals surface area contributed by atoms with Crippen molar-refractivity contribution in [3.8, 4) is 0 Å². The molecular formula is C11H18N4O3S. The highest BCUT2D eigenvalue weighted by atomic mass is 32.2. The van der Waals surface area contributed by atoms with E-state index in [0.717, 1.165) is 0 Å². The van der Waals surface area contributed by atoms with E-state index in [4.69, 9.17) is 0 Å². The quantitative estimate of drug-likeness (QED) is 0.858. The largest absolute Gasteiger partial charge is 0.334 e. The molecule has 0 aliphatic carbocycles. The topological polar surface area (TPSA) is 93.1 Å². The molecule has 106 valence electrons. The fourth-order valence-electron chi connectivity index (χ4n) is 1.94. The standard InChI is InChI=1S/C11H18N4O3S/c1-8(2)15-5-3-10(14-15)13-11(16)12-9-4-6-19(17,18)7-9/h3,5,8-9H,4,6-7H2,1-2H3,(H2,12,13,14,16). The molecule has 0 saturated carbocycles. The molecule has 19 heavy (non-hydrogen) atoms. The zero-order valence-electron chi connectivity index (χ0n) is 11.0. The van der Waals surface area contributed by atoms with Crippen molar-refractivity contribution in [1.82, 2.24) is 15.1 Å². The molecule has 0 radical (unpaired) electrons. The molecule has 1 atom stereocenters. The summed E-state index contributed by atoms with van der Waals surface area (Å²) < 4.78 is 24.3. The van der Waals surface area contributed by atoms with Crippen molar-refractivity contribution < 1.29 is 13.2 Å². The molecule has 0 aromatic carbocycles. The summed E-state index contributed by atoms with van der Waals surface area (Å²) in [5.74, 6) is 0.605. The maximum atomic E-state index is 11.7. The molecule has 0 spiro atoms. The lowest BCUT2D eigenvalue weighted by atomic mass is 10.3. The third-order valence-corrected chi connectivity index (χ3v) is 4.71. The maximum Gasteiger partial charge on any atom is 0.320 e. The first kappa shape index (κ1) is 13.9. The molecule has 2 heterocycles. The van der Waals surface area contributed by atoms with E-state index in [0.29, 0.717) is 12.2 Å². The van der Waals surface area contributed by atoms with Crippen LogP contribution in [0.3, 0.4) is 0 Å². The third-order valence-electron chi connectivity index (χ3n) is 2.95. The number of anilines is 1. The molecule has 2 N–H and O–H groups in total. The average molecular weight is 286 g/mol. The van der Waals surface area contributed by atoms with Gasteiger partial charge in [-0.1, -0.05) is 0 Å². The molecule has 1 aliphatic rings. The van der Waals surface area contributed by atoms with Crippen LogP contribution in [0.25, 0.3) is 0 Å². The van der Waals surface area contributed by atoms with Crippen molar-refractivity contribution in [1.29, 1.82) is 0 Å². The van der Waals surface area contributed by atoms with Crippen LogP contribution >= 0.6 is 0 Å². The van der Waals surface area contributed by atoms with E-state index in [1.807, 2.05) is 13.8 Å². The summed E-state index contributed by atoms with van der Waals surface area (Å²) in [7, 11) is -2.98. The van der Waals surface area contributed by atoms with Gasteiger partial charge >= 0.3 is 6.03 Å². The molecule has 1 unspecified atom stereocenters. The number of carbonyl (C=O) groups is 1. The Bertz CT molecular complexity index is 564. The number of carbonyl (C=O) groups excluding carboxylic acids is 1. The minimum absolute atomic E-state index is 0.0147. The normalized spacial score (nSPS) is 21.5. The summed E-state index contributed by atoms with van der Waals surface area (Å²) in [6.07, 6.45) is 2.25. The first-order valence-electron chi connectivity index (χ1n) is 6.19. The first-order valence-corrected chi connectivity index (χ1v) is 8.01. The number of nitrogens with zero attached hydrogens (tertiary/aromatic N) is 2. The summed E-state index contributed by atoms with van der Waals surface area (Å²) >= 11 is 0. The van der Waals surface area contributed by atoms with E-state index in [1.54, 1.807) is 16.9 Å². The van der Waals surface area contributed by atoms with Gasteiger partial charge in [-0.3, -0.25) is 10.00 Å². The van der Waals surface area contributed by atoms with Crippen LogP contribution in [0.1, 0.15) is 26.3 Å². The monoisotopic (exact) mass is 286 g/mol. The van der Waals surface area contributed by atoms with Crippen molar-refractivity contribution in [3.05, 3.63) is 12.3 Å². The summed E-state index contributed by atoms with van der Waals surface area (Å²) in [5.41, 5.74) is 0. The van der Waals surface area contributed by atoms with Crippen LogP contribution < -0.4 is 10.6 Å². The Morgan fingerprint density at radius 3 is 2.79 bits per heavy atom. The number of rotatable bonds is 3. The fourth-order valence-corrected chi connectivity index (χ4v) is 3.61. The zero-order chi connectivity index (χ0) is 14.0. The number of nitrogens with one attached hydrogen (secondary N) is 2. The average Bonchev–Trinajstić information content (AvgIpc) is 2.85. The van der Waals surface area contributed by atoms with Gasteiger partial charge in [-0.15, -0.1) is 0 Å². The van der Waals surface area contributed by atoms with E-state index in [-0.39, 0.29) is 23.6 Å². The van der Waals surface area contributed by atoms with Crippen LogP contribution in [-0.2, 0) is 9.84 Å². The molecule has 1 saturated heterocycles. The maximum absolute atomic E-state index is 11.7. The van der Waals surface area contributed by atoms with Gasteiger partial charge in [0.2, 0.25) is 0 Å². The number of amides is 2. The highest BCUT2D eigenvalue weighted by Crippen LogP contribution is 2.12. The molecule has 1 aliphatic heterocycles. The van der Waals surface area contributed by atoms with Crippen LogP contribution in [0, 0.1) is 0 Å². The van der Waals surface area contributed by atoms with E-state index >= 15 is 0 Å². The summed E-state index contributed by atoms with van der Waals surface area (Å²) in [6.45, 7) is 3.97. The van der Waals surface area contributed by atoms with Crippen LogP contribution in [-0.4, -0.2) is 41.8 Å². The van der Waals surface area contributed by atoms with Crippen molar-refractivity contribution >= 4 is 21.7 Å². The van der Waals surface area contributed by atoms with Crippen molar-refractivity contribution in [2.45, 2.75) is 32.4 Å². The van der Waals surface area contributed by atoms with Crippen LogP contribution in [0.5, 0.6) is 0 Å². The Hall–Kier alpha value is -1.57. The molecule has 1 aromatic heterocycles. The van der Waals surface area contributed by atoms with Crippen molar-refractivity contribution in [2.24, 2.45) is 0 Å². The van der Waals surface area contributed by atoms with Crippen LogP contribution in [0.2, 0.25) is 0 Å². The molecule has 2 rings (SSSR count). The van der Waals surface area contributed by atoms with Gasteiger partial charge in [0.15, 0.2) is 15.7 Å². The zero-order valence-corrected chi connectivity index (χ0v) is 11.8. The summed E-state index contributed by atoms with van der Waals surface area (Å²) in [4.78, 5) is 11.7. The third kappa shape index (κ3) is 3.69. The Labute approximate surface area is 112 Å². The Morgan fingerprint density at radius 1 is 1.53 bits per heavy atom. The van der Waals surface area contributed by atoms with Gasteiger partial charge in [-0.05, 0) is 20.3 Å². The molecule has 1 fully saturated rings. The predicted octanol–water partition coefficient (Wildman–Crippen LogP) is 0.773. The van der Waals surface area contributed by atoms with E-state index < -0.39 is 15.9 Å². The summed E-state index contributed by atoms with van der Waals surface area (Å²) in [5, 5.41) is 9.42. The smallest absolute Gasteiger partial charge is 0.320 e. The Kier molecular flexibility index (Phi) is 3.79. The lowest BCUT2D eigenvalue weighted by Crippen LogP contribution is -2.38. The second-order valence-electron chi connectivity index (χ2n) is 4.97. The lowest BCUT2D eigenvalue weighted by molar-refractivity contribution is 0.249. The predicted molar refractivity (Wildman–Crippen MR) is 71.8 cm³/mol. The van der Waals surface area contributed by atoms with Crippen molar-refractivity contribution in [2.75, 3.05) is 16.8 Å². The second-order valence-corrected chi connectivity index (χ2v) is 7.20. The SMILES string of the molecule is CC(C)n1ccc(NC(=O)NC2CCS(=O)(=O)C2)n1. The molecule has 8 heteroatoms. The fraction of sp³-hybridized carbons (Fsp3) is 0.636. The Morgan fingerprint density at radius 2 is 2.26 bits per heavy atom. The molecular weight excluding hydrogens is 268 g/mol.